The average molecular weight is 385 g/mol. The van der Waals surface area contributed by atoms with Gasteiger partial charge in [0.15, 0.2) is 0 Å². The van der Waals surface area contributed by atoms with Gasteiger partial charge < -0.3 is 14.5 Å². The maximum Gasteiger partial charge on any atom is 0.226 e. The van der Waals surface area contributed by atoms with E-state index in [1.165, 1.54) is 11.1 Å². The molecule has 0 N–H and O–H groups in total. The van der Waals surface area contributed by atoms with Crippen LogP contribution in [0.3, 0.4) is 0 Å². The highest BCUT2D eigenvalue weighted by atomic mass is 16.5. The fourth-order valence-electron chi connectivity index (χ4n) is 6.28. The molecule has 5 nitrogen and oxygen atoms in total. The van der Waals surface area contributed by atoms with Crippen molar-refractivity contribution in [1.29, 1.82) is 0 Å². The molecule has 2 amide bonds. The van der Waals surface area contributed by atoms with Crippen LogP contribution in [0.15, 0.2) is 18.2 Å². The van der Waals surface area contributed by atoms with Crippen LogP contribution < -0.4 is 4.74 Å². The predicted molar refractivity (Wildman–Crippen MR) is 108 cm³/mol. The monoisotopic (exact) mass is 384 g/mol. The number of rotatable bonds is 4. The molecule has 1 aliphatic carbocycles. The highest BCUT2D eigenvalue weighted by Crippen LogP contribution is 2.60. The molecule has 5 heteroatoms. The van der Waals surface area contributed by atoms with Crippen molar-refractivity contribution >= 4 is 11.8 Å². The van der Waals surface area contributed by atoms with E-state index in [2.05, 4.69) is 24.0 Å². The van der Waals surface area contributed by atoms with E-state index in [9.17, 15) is 9.59 Å². The molecule has 4 atom stereocenters. The summed E-state index contributed by atoms with van der Waals surface area (Å²) in [4.78, 5) is 30.5. The van der Waals surface area contributed by atoms with Crippen LogP contribution in [0, 0.1) is 17.8 Å². The van der Waals surface area contributed by atoms with Crippen LogP contribution in [0.25, 0.3) is 0 Å². The molecular weight excluding hydrogens is 352 g/mol. The van der Waals surface area contributed by atoms with Gasteiger partial charge in [0.05, 0.1) is 12.6 Å². The largest absolute Gasteiger partial charge is 0.497 e. The number of ether oxygens (including phenoxy) is 1. The standard InChI is InChI=1S/C23H32N2O3/c1-5-24(6-2)22(27)21-15(3)14-23-18-10-9-17(28-4)12-16(18)8-7-11-25(23)20(26)13-19(21)23/h9-10,12,15,19,21H,5-8,11,13-14H2,1-4H3/t15-,19-,21+,23-/m0/s1. The second-order valence-electron chi connectivity index (χ2n) is 8.62. The summed E-state index contributed by atoms with van der Waals surface area (Å²) in [6.45, 7) is 8.51. The zero-order valence-electron chi connectivity index (χ0n) is 17.5. The predicted octanol–water partition coefficient (Wildman–Crippen LogP) is 3.21. The van der Waals surface area contributed by atoms with Crippen molar-refractivity contribution < 1.29 is 14.3 Å². The Hall–Kier alpha value is -2.04. The minimum Gasteiger partial charge on any atom is -0.497 e. The molecule has 4 rings (SSSR count). The Balaban J connectivity index is 1.83. The molecule has 1 aromatic carbocycles. The van der Waals surface area contributed by atoms with Crippen LogP contribution in [-0.2, 0) is 21.5 Å². The van der Waals surface area contributed by atoms with Crippen molar-refractivity contribution in [3.8, 4) is 5.75 Å². The molecule has 1 saturated heterocycles. The van der Waals surface area contributed by atoms with E-state index >= 15 is 0 Å². The Labute approximate surface area is 168 Å². The summed E-state index contributed by atoms with van der Waals surface area (Å²) in [6, 6.07) is 6.31. The number of methoxy groups -OCH3 is 1. The third kappa shape index (κ3) is 2.58. The topological polar surface area (TPSA) is 49.9 Å². The zero-order chi connectivity index (χ0) is 20.1. The number of carbonyl (C=O) groups is 2. The molecule has 0 aromatic heterocycles. The molecular formula is C23H32N2O3. The van der Waals surface area contributed by atoms with Gasteiger partial charge in [-0.25, -0.2) is 0 Å². The molecule has 0 unspecified atom stereocenters. The molecule has 2 heterocycles. The molecule has 0 radical (unpaired) electrons. The minimum absolute atomic E-state index is 0.0633. The fourth-order valence-corrected chi connectivity index (χ4v) is 6.28. The summed E-state index contributed by atoms with van der Waals surface area (Å²) in [5.74, 6) is 1.56. The van der Waals surface area contributed by atoms with Gasteiger partial charge in [-0.2, -0.15) is 0 Å². The van der Waals surface area contributed by atoms with Crippen molar-refractivity contribution in [3.05, 3.63) is 29.3 Å². The first-order valence-electron chi connectivity index (χ1n) is 10.7. The van der Waals surface area contributed by atoms with Crippen LogP contribution in [-0.4, -0.2) is 48.4 Å². The molecule has 1 aromatic rings. The van der Waals surface area contributed by atoms with E-state index in [1.54, 1.807) is 7.11 Å². The van der Waals surface area contributed by atoms with E-state index in [0.717, 1.165) is 44.6 Å². The lowest BCUT2D eigenvalue weighted by Crippen LogP contribution is -2.46. The smallest absolute Gasteiger partial charge is 0.226 e. The lowest BCUT2D eigenvalue weighted by Gasteiger charge is -2.39. The molecule has 2 fully saturated rings. The van der Waals surface area contributed by atoms with Gasteiger partial charge >= 0.3 is 0 Å². The summed E-state index contributed by atoms with van der Waals surface area (Å²) >= 11 is 0. The SMILES string of the molecule is CCN(CC)C(=O)[C@@H]1[C@@H](C)C[C@@]23c4ccc(OC)cc4CCCN2C(=O)C[C@@H]13. The third-order valence-corrected chi connectivity index (χ3v) is 7.44. The summed E-state index contributed by atoms with van der Waals surface area (Å²) in [6.07, 6.45) is 3.28. The number of benzene rings is 1. The second-order valence-corrected chi connectivity index (χ2v) is 8.62. The third-order valence-electron chi connectivity index (χ3n) is 7.44. The number of amides is 2. The average Bonchev–Trinajstić information content (AvgIpc) is 3.04. The fraction of sp³-hybridized carbons (Fsp3) is 0.652. The number of nitrogens with zero attached hydrogens (tertiary/aromatic N) is 2. The van der Waals surface area contributed by atoms with Crippen LogP contribution in [0.2, 0.25) is 0 Å². The van der Waals surface area contributed by atoms with Crippen LogP contribution in [0.4, 0.5) is 0 Å². The van der Waals surface area contributed by atoms with Crippen molar-refractivity contribution in [2.75, 3.05) is 26.7 Å². The lowest BCUT2D eigenvalue weighted by molar-refractivity contribution is -0.137. The number of aryl methyl sites for hydroxylation is 1. The van der Waals surface area contributed by atoms with Gasteiger partial charge in [-0.3, -0.25) is 9.59 Å². The lowest BCUT2D eigenvalue weighted by atomic mass is 9.76. The number of carbonyl (C=O) groups excluding carboxylic acids is 2. The quantitative estimate of drug-likeness (QED) is 0.801. The van der Waals surface area contributed by atoms with E-state index in [-0.39, 0.29) is 35.1 Å². The Morgan fingerprint density at radius 3 is 2.75 bits per heavy atom. The van der Waals surface area contributed by atoms with E-state index in [4.69, 9.17) is 4.74 Å². The van der Waals surface area contributed by atoms with Gasteiger partial charge in [0.1, 0.15) is 5.75 Å². The normalized spacial score (nSPS) is 31.1. The van der Waals surface area contributed by atoms with Crippen molar-refractivity contribution in [2.24, 2.45) is 17.8 Å². The van der Waals surface area contributed by atoms with Crippen molar-refractivity contribution in [1.82, 2.24) is 9.80 Å². The Bertz CT molecular complexity index is 788. The van der Waals surface area contributed by atoms with E-state index in [1.807, 2.05) is 24.8 Å². The molecule has 2 aliphatic heterocycles. The highest BCUT2D eigenvalue weighted by Gasteiger charge is 2.64. The second kappa shape index (κ2) is 7.09. The summed E-state index contributed by atoms with van der Waals surface area (Å²) < 4.78 is 5.46. The van der Waals surface area contributed by atoms with Crippen molar-refractivity contribution in [3.63, 3.8) is 0 Å². The van der Waals surface area contributed by atoms with Crippen molar-refractivity contribution in [2.45, 2.75) is 52.0 Å². The first kappa shape index (κ1) is 19.3. The maximum atomic E-state index is 13.4. The first-order valence-corrected chi connectivity index (χ1v) is 10.7. The summed E-state index contributed by atoms with van der Waals surface area (Å²) in [5.41, 5.74) is 2.20. The van der Waals surface area contributed by atoms with Gasteiger partial charge in [0.2, 0.25) is 11.8 Å². The van der Waals surface area contributed by atoms with Crippen LogP contribution in [0.1, 0.15) is 51.2 Å². The van der Waals surface area contributed by atoms with Gasteiger partial charge in [-0.15, -0.1) is 0 Å². The molecule has 152 valence electrons. The Morgan fingerprint density at radius 1 is 1.32 bits per heavy atom. The first-order chi connectivity index (χ1) is 13.5. The number of fused-ring (bicyclic) bond motifs is 1. The zero-order valence-corrected chi connectivity index (χ0v) is 17.5. The summed E-state index contributed by atoms with van der Waals surface area (Å²) in [7, 11) is 1.70. The van der Waals surface area contributed by atoms with Gasteiger partial charge in [0.25, 0.3) is 0 Å². The van der Waals surface area contributed by atoms with Crippen LogP contribution >= 0.6 is 0 Å². The van der Waals surface area contributed by atoms with Gasteiger partial charge in [-0.1, -0.05) is 13.0 Å². The molecule has 3 aliphatic rings. The van der Waals surface area contributed by atoms with E-state index < -0.39 is 0 Å². The molecule has 0 bridgehead atoms. The molecule has 1 spiro atoms. The number of hydrogen-bond acceptors (Lipinski definition) is 3. The minimum atomic E-state index is -0.331. The van der Waals surface area contributed by atoms with Crippen LogP contribution in [0.5, 0.6) is 5.75 Å². The highest BCUT2D eigenvalue weighted by molar-refractivity contribution is 5.86. The van der Waals surface area contributed by atoms with Gasteiger partial charge in [-0.05, 0) is 62.3 Å². The number of hydrogen-bond donors (Lipinski definition) is 0. The Kier molecular flexibility index (Phi) is 4.88. The molecule has 1 saturated carbocycles. The Morgan fingerprint density at radius 2 is 2.07 bits per heavy atom. The molecule has 28 heavy (non-hydrogen) atoms. The maximum absolute atomic E-state index is 13.4. The summed E-state index contributed by atoms with van der Waals surface area (Å²) in [5, 5.41) is 0. The van der Waals surface area contributed by atoms with E-state index in [0.29, 0.717) is 6.42 Å². The van der Waals surface area contributed by atoms with Gasteiger partial charge in [0, 0.05) is 37.9 Å².